The zero-order valence-corrected chi connectivity index (χ0v) is 36.7. The number of hydrogen-bond donors (Lipinski definition) is 4. The monoisotopic (exact) mass is 971 g/mol. The second-order valence-corrected chi connectivity index (χ2v) is 17.1. The molecule has 7 aromatic rings. The Kier molecular flexibility index (Phi) is 11.6. The average molecular weight is 974 g/mol. The zero-order chi connectivity index (χ0) is 44.9. The third-order valence-corrected chi connectivity index (χ3v) is 12.7. The van der Waals surface area contributed by atoms with Crippen LogP contribution < -0.4 is 31.6 Å². The maximum Gasteiger partial charge on any atom is 0.278 e. The summed E-state index contributed by atoms with van der Waals surface area (Å²) in [7, 11) is 0. The van der Waals surface area contributed by atoms with Gasteiger partial charge >= 0.3 is 0 Å². The normalized spacial score (nSPS) is 17.9. The Morgan fingerprint density at radius 2 is 1.33 bits per heavy atom. The van der Waals surface area contributed by atoms with E-state index in [1.54, 1.807) is 55.5 Å². The summed E-state index contributed by atoms with van der Waals surface area (Å²) in [6, 6.07) is 26.6. The molecule has 316 valence electrons. The lowest BCUT2D eigenvalue weighted by molar-refractivity contribution is -0.135. The van der Waals surface area contributed by atoms with E-state index < -0.39 is 11.9 Å². The highest BCUT2D eigenvalue weighted by atomic mass is 79.9. The molecule has 2 unspecified atom stereocenters. The molecule has 2 saturated heterocycles. The number of alkyl halides is 1. The van der Waals surface area contributed by atoms with Crippen molar-refractivity contribution in [3.8, 4) is 0 Å². The van der Waals surface area contributed by atoms with Crippen LogP contribution in [0.4, 0.5) is 11.4 Å². The molecule has 0 aliphatic carbocycles. The maximum atomic E-state index is 12.9. The number of ketones is 1. The Balaban J connectivity index is 0.000000122. The van der Waals surface area contributed by atoms with E-state index in [1.165, 1.54) is 11.8 Å². The average Bonchev–Trinajstić information content (AvgIpc) is 3.88. The molecule has 1 aromatic heterocycles. The summed E-state index contributed by atoms with van der Waals surface area (Å²) < 4.78 is 1.02. The Morgan fingerprint density at radius 1 is 0.683 bits per heavy atom. The van der Waals surface area contributed by atoms with Gasteiger partial charge in [-0.15, -0.1) is 0 Å². The third kappa shape index (κ3) is 7.91. The number of amides is 6. The molecule has 6 amide bonds. The predicted octanol–water partition coefficient (Wildman–Crippen LogP) is 6.75. The van der Waals surface area contributed by atoms with Gasteiger partial charge in [0.25, 0.3) is 17.4 Å². The quantitative estimate of drug-likeness (QED) is 0.0814. The van der Waals surface area contributed by atoms with Crippen molar-refractivity contribution in [3.63, 3.8) is 0 Å². The van der Waals surface area contributed by atoms with E-state index in [-0.39, 0.29) is 57.9 Å². The van der Waals surface area contributed by atoms with E-state index in [1.807, 2.05) is 42.5 Å². The third-order valence-electron chi connectivity index (χ3n) is 11.1. The number of nitrogens with one attached hydrogen (secondary N) is 3. The van der Waals surface area contributed by atoms with E-state index in [9.17, 15) is 43.5 Å². The molecule has 4 aliphatic heterocycles. The highest BCUT2D eigenvalue weighted by molar-refractivity contribution is 9.10. The van der Waals surface area contributed by atoms with E-state index in [4.69, 9.17) is 0 Å². The van der Waals surface area contributed by atoms with E-state index in [0.29, 0.717) is 57.8 Å². The number of piperidine rings is 2. The van der Waals surface area contributed by atoms with Gasteiger partial charge in [-0.1, -0.05) is 68.3 Å². The van der Waals surface area contributed by atoms with Crippen LogP contribution >= 0.6 is 31.9 Å². The molecule has 4 N–H and O–H groups in total. The fourth-order valence-corrected chi connectivity index (χ4v) is 9.02. The topological polar surface area (TPSA) is 209 Å². The van der Waals surface area contributed by atoms with Crippen LogP contribution in [-0.4, -0.2) is 62.2 Å². The van der Waals surface area contributed by atoms with Crippen molar-refractivity contribution in [1.29, 1.82) is 0 Å². The second-order valence-electron chi connectivity index (χ2n) is 15.1. The van der Waals surface area contributed by atoms with Crippen molar-refractivity contribution in [2.75, 3.05) is 10.2 Å². The van der Waals surface area contributed by atoms with Crippen molar-refractivity contribution in [2.24, 2.45) is 0 Å². The number of nitrogens with zero attached hydrogens (tertiary/aromatic N) is 2. The van der Waals surface area contributed by atoms with Crippen LogP contribution in [0.25, 0.3) is 49.0 Å². The zero-order valence-electron chi connectivity index (χ0n) is 33.5. The number of rotatable bonds is 2. The van der Waals surface area contributed by atoms with Gasteiger partial charge in [0.1, 0.15) is 6.04 Å². The number of halogens is 2. The minimum atomic E-state index is -0.714. The van der Waals surface area contributed by atoms with E-state index >= 15 is 0 Å². The highest BCUT2D eigenvalue weighted by Crippen LogP contribution is 2.41. The molecule has 0 saturated carbocycles. The standard InChI is InChI=1S/C18H14N2O4.C13H9NO2.C11H6BrNO.C5H6BrNO2/c1-9(21)10-5-6-13-16-11(10)3-2-4-12(16)18(24)20(13)14-7-8-15(22)19-17(14)23;1-7(15)8-5-6-11-12-9(8)3-2-4-10(12)13(16)14-11;12-8-4-5-9-10-6(8)2-1-3-7(10)11(14)13-9;6-3-1-2-4(8)7-5(3)9/h2-6,14H,7-8H2,1H3,(H,19,22,23);2-6,15H,1H3;1-5H,(H,13,14);3H,1-2H2,(H,7,8,9). The molecule has 16 heteroatoms. The summed E-state index contributed by atoms with van der Waals surface area (Å²) >= 11 is 6.59. The van der Waals surface area contributed by atoms with Crippen LogP contribution in [0.2, 0.25) is 0 Å². The predicted molar refractivity (Wildman–Crippen MR) is 245 cm³/mol. The summed E-state index contributed by atoms with van der Waals surface area (Å²) in [5.41, 5.74) is 3.81. The number of hydrogen-bond acceptors (Lipinski definition) is 10. The van der Waals surface area contributed by atoms with E-state index in [0.717, 1.165) is 42.5 Å². The molecule has 2 fully saturated rings. The number of imide groups is 2. The first-order valence-electron chi connectivity index (χ1n) is 19.7. The Bertz CT molecular complexity index is 3260. The van der Waals surface area contributed by atoms with Gasteiger partial charge < -0.3 is 10.4 Å². The first-order valence-corrected chi connectivity index (χ1v) is 21.4. The van der Waals surface area contributed by atoms with Crippen LogP contribution in [0.3, 0.4) is 0 Å². The van der Waals surface area contributed by atoms with Gasteiger partial charge in [0.15, 0.2) is 5.78 Å². The van der Waals surface area contributed by atoms with Crippen LogP contribution in [-0.2, 0) is 19.2 Å². The molecule has 14 nitrogen and oxygen atoms in total. The first-order chi connectivity index (χ1) is 30.1. The largest absolute Gasteiger partial charge is 0.512 e. The number of anilines is 2. The smallest absolute Gasteiger partial charge is 0.278 e. The summed E-state index contributed by atoms with van der Waals surface area (Å²) in [6.45, 7) is 3.12. The van der Waals surface area contributed by atoms with Gasteiger partial charge in [-0.05, 0) is 97.4 Å². The van der Waals surface area contributed by atoms with E-state index in [2.05, 4.69) is 52.8 Å². The van der Waals surface area contributed by atoms with Crippen LogP contribution in [0.15, 0.2) is 100 Å². The number of carbonyl (C=O) groups is 7. The molecule has 0 radical (unpaired) electrons. The molecular formula is C47H35Br2N5O9. The number of aliphatic hydroxyl groups is 1. The van der Waals surface area contributed by atoms with Crippen molar-refractivity contribution in [2.45, 2.75) is 50.4 Å². The van der Waals surface area contributed by atoms with Crippen LogP contribution in [0.1, 0.15) is 70.6 Å². The van der Waals surface area contributed by atoms with Crippen molar-refractivity contribution < 1.29 is 38.7 Å². The molecule has 0 spiro atoms. The molecule has 5 heterocycles. The van der Waals surface area contributed by atoms with Gasteiger partial charge in [-0.2, -0.15) is 0 Å². The molecule has 0 bridgehead atoms. The molecule has 63 heavy (non-hydrogen) atoms. The fourth-order valence-electron chi connectivity index (χ4n) is 8.22. The second kappa shape index (κ2) is 17.1. The SMILES string of the molecule is CC(=O)c1ccc2c3c(cccc13)C(=O)N2C1CCC(=O)NC1=O.CC(O)=c1ccc2nc(=O)c3cccc1c23.O=C1CCC(Br)C(=O)N1.O=C1Nc2ccc(Br)c3cccc1c23. The highest BCUT2D eigenvalue weighted by Gasteiger charge is 2.41. The van der Waals surface area contributed by atoms with Crippen LogP contribution in [0.5, 0.6) is 0 Å². The maximum absolute atomic E-state index is 12.9. The van der Waals surface area contributed by atoms with Gasteiger partial charge in [-0.25, -0.2) is 4.98 Å². The summed E-state index contributed by atoms with van der Waals surface area (Å²) in [5.74, 6) is -1.28. The Hall–Kier alpha value is -6.91. The fraction of sp³-hybridized carbons (Fsp3) is 0.170. The number of carbonyl (C=O) groups excluding carboxylic acids is 7. The Morgan fingerprint density at radius 3 is 2.02 bits per heavy atom. The van der Waals surface area contributed by atoms with Gasteiger partial charge in [0.2, 0.25) is 23.6 Å². The minimum absolute atomic E-state index is 0.0105. The number of Topliss-reactive ketones (excluding diaryl/α,β-unsaturated/α-hetero) is 1. The van der Waals surface area contributed by atoms with Crippen molar-refractivity contribution >= 4 is 133 Å². The van der Waals surface area contributed by atoms with Gasteiger partial charge in [0, 0.05) is 61.1 Å². The Labute approximate surface area is 374 Å². The minimum Gasteiger partial charge on any atom is -0.512 e. The molecule has 11 rings (SSSR count). The van der Waals surface area contributed by atoms with Crippen molar-refractivity contribution in [1.82, 2.24) is 15.6 Å². The molecular weight excluding hydrogens is 938 g/mol. The lowest BCUT2D eigenvalue weighted by Gasteiger charge is -2.30. The van der Waals surface area contributed by atoms with Crippen molar-refractivity contribution in [3.05, 3.63) is 128 Å². The lowest BCUT2D eigenvalue weighted by atomic mass is 9.98. The number of aromatic nitrogens is 1. The van der Waals surface area contributed by atoms with Gasteiger partial charge in [-0.3, -0.25) is 53.9 Å². The lowest BCUT2D eigenvalue weighted by Crippen LogP contribution is -2.53. The van der Waals surface area contributed by atoms with Gasteiger partial charge in [0.05, 0.1) is 27.2 Å². The van der Waals surface area contributed by atoms with Crippen LogP contribution in [0, 0.1) is 0 Å². The summed E-state index contributed by atoms with van der Waals surface area (Å²) in [5, 5.41) is 23.5. The molecule has 6 aromatic carbocycles. The summed E-state index contributed by atoms with van der Waals surface area (Å²) in [4.78, 5) is 97.7. The number of aliphatic hydroxyl groups excluding tert-OH is 1. The molecule has 4 aliphatic rings. The molecule has 2 atom stereocenters. The summed E-state index contributed by atoms with van der Waals surface area (Å²) in [6.07, 6.45) is 1.55. The number of benzene rings is 6. The first kappa shape index (κ1) is 42.8.